The van der Waals surface area contributed by atoms with Crippen LogP contribution >= 0.6 is 0 Å². The molecule has 1 aromatic rings. The molecule has 1 saturated heterocycles. The molecule has 1 fully saturated rings. The van der Waals surface area contributed by atoms with Gasteiger partial charge in [-0.25, -0.2) is 0 Å². The molecule has 0 aromatic heterocycles. The molecular weight excluding hydrogens is 210 g/mol. The molecule has 17 heavy (non-hydrogen) atoms. The Balaban J connectivity index is 2.02. The molecule has 1 unspecified atom stereocenters. The lowest BCUT2D eigenvalue weighted by atomic mass is 10.00. The van der Waals surface area contributed by atoms with Crippen molar-refractivity contribution in [1.29, 1.82) is 5.26 Å². The van der Waals surface area contributed by atoms with Crippen molar-refractivity contribution in [2.24, 2.45) is 0 Å². The van der Waals surface area contributed by atoms with Crippen LogP contribution in [0.25, 0.3) is 0 Å². The molecule has 0 saturated carbocycles. The van der Waals surface area contributed by atoms with Crippen molar-refractivity contribution in [1.82, 2.24) is 10.6 Å². The minimum atomic E-state index is 0.209. The standard InChI is InChI=1S/C14H19N3/c1-11-7-12(8-15)3-4-13(11)9-17-14(2)5-6-16-10-14/h3-4,7,16-17H,5-6,9-10H2,1-2H3. The normalized spacial score (nSPS) is 23.6. The van der Waals surface area contributed by atoms with E-state index in [0.29, 0.717) is 0 Å². The van der Waals surface area contributed by atoms with Gasteiger partial charge in [-0.2, -0.15) is 5.26 Å². The summed E-state index contributed by atoms with van der Waals surface area (Å²) in [7, 11) is 0. The first-order valence-electron chi connectivity index (χ1n) is 6.08. The van der Waals surface area contributed by atoms with Gasteiger partial charge in [0.05, 0.1) is 11.6 Å². The van der Waals surface area contributed by atoms with Crippen LogP contribution in [-0.2, 0) is 6.54 Å². The smallest absolute Gasteiger partial charge is 0.0991 e. The van der Waals surface area contributed by atoms with E-state index >= 15 is 0 Å². The highest BCUT2D eigenvalue weighted by molar-refractivity contribution is 5.37. The third kappa shape index (κ3) is 2.85. The van der Waals surface area contributed by atoms with Gasteiger partial charge in [0, 0.05) is 18.6 Å². The Morgan fingerprint density at radius 3 is 2.94 bits per heavy atom. The second kappa shape index (κ2) is 4.87. The van der Waals surface area contributed by atoms with Gasteiger partial charge in [-0.3, -0.25) is 0 Å². The van der Waals surface area contributed by atoms with Gasteiger partial charge >= 0.3 is 0 Å². The summed E-state index contributed by atoms with van der Waals surface area (Å²) < 4.78 is 0. The molecule has 0 radical (unpaired) electrons. The summed E-state index contributed by atoms with van der Waals surface area (Å²) >= 11 is 0. The van der Waals surface area contributed by atoms with Gasteiger partial charge in [-0.1, -0.05) is 6.07 Å². The summed E-state index contributed by atoms with van der Waals surface area (Å²) in [6, 6.07) is 8.06. The number of aryl methyl sites for hydroxylation is 1. The van der Waals surface area contributed by atoms with Crippen molar-refractivity contribution in [2.45, 2.75) is 32.4 Å². The van der Waals surface area contributed by atoms with Crippen LogP contribution in [0, 0.1) is 18.3 Å². The SMILES string of the molecule is Cc1cc(C#N)ccc1CNC1(C)CCNC1. The Bertz CT molecular complexity index is 439. The predicted molar refractivity (Wildman–Crippen MR) is 68.6 cm³/mol. The third-order valence-corrected chi connectivity index (χ3v) is 3.55. The number of nitriles is 1. The van der Waals surface area contributed by atoms with Gasteiger partial charge in [0.25, 0.3) is 0 Å². The van der Waals surface area contributed by atoms with E-state index in [9.17, 15) is 0 Å². The fourth-order valence-electron chi connectivity index (χ4n) is 2.24. The van der Waals surface area contributed by atoms with E-state index < -0.39 is 0 Å². The van der Waals surface area contributed by atoms with Crippen molar-refractivity contribution in [2.75, 3.05) is 13.1 Å². The van der Waals surface area contributed by atoms with Crippen LogP contribution in [0.1, 0.15) is 30.0 Å². The Kier molecular flexibility index (Phi) is 3.46. The first-order chi connectivity index (χ1) is 8.13. The van der Waals surface area contributed by atoms with Crippen LogP contribution < -0.4 is 10.6 Å². The minimum absolute atomic E-state index is 0.209. The predicted octanol–water partition coefficient (Wildman–Crippen LogP) is 1.71. The number of hydrogen-bond acceptors (Lipinski definition) is 3. The van der Waals surface area contributed by atoms with Crippen LogP contribution in [-0.4, -0.2) is 18.6 Å². The number of benzene rings is 1. The van der Waals surface area contributed by atoms with Crippen LogP contribution in [0.4, 0.5) is 0 Å². The summed E-state index contributed by atoms with van der Waals surface area (Å²) in [5.41, 5.74) is 3.41. The molecule has 1 atom stereocenters. The number of rotatable bonds is 3. The molecule has 90 valence electrons. The molecule has 1 aromatic carbocycles. The van der Waals surface area contributed by atoms with Gasteiger partial charge in [-0.15, -0.1) is 0 Å². The molecular formula is C14H19N3. The maximum atomic E-state index is 8.82. The summed E-state index contributed by atoms with van der Waals surface area (Å²) in [6.45, 7) is 7.31. The van der Waals surface area contributed by atoms with Crippen molar-refractivity contribution >= 4 is 0 Å². The Morgan fingerprint density at radius 2 is 2.35 bits per heavy atom. The lowest BCUT2D eigenvalue weighted by Gasteiger charge is -2.25. The summed E-state index contributed by atoms with van der Waals surface area (Å²) in [5, 5.41) is 15.8. The van der Waals surface area contributed by atoms with Crippen molar-refractivity contribution in [3.8, 4) is 6.07 Å². The monoisotopic (exact) mass is 229 g/mol. The van der Waals surface area contributed by atoms with E-state index in [1.54, 1.807) is 0 Å². The molecule has 3 nitrogen and oxygen atoms in total. The first kappa shape index (κ1) is 12.1. The van der Waals surface area contributed by atoms with Crippen molar-refractivity contribution in [3.05, 3.63) is 34.9 Å². The summed E-state index contributed by atoms with van der Waals surface area (Å²) in [5.74, 6) is 0. The molecule has 2 N–H and O–H groups in total. The van der Waals surface area contributed by atoms with Crippen LogP contribution in [0.2, 0.25) is 0 Å². The maximum Gasteiger partial charge on any atom is 0.0991 e. The topological polar surface area (TPSA) is 47.9 Å². The average molecular weight is 229 g/mol. The van der Waals surface area contributed by atoms with Crippen molar-refractivity contribution < 1.29 is 0 Å². The highest BCUT2D eigenvalue weighted by Gasteiger charge is 2.27. The fourth-order valence-corrected chi connectivity index (χ4v) is 2.24. The Labute approximate surface area is 103 Å². The van der Waals surface area contributed by atoms with Gasteiger partial charge in [0.2, 0.25) is 0 Å². The van der Waals surface area contributed by atoms with Gasteiger partial charge in [0.1, 0.15) is 0 Å². The molecule has 0 amide bonds. The number of nitrogens with zero attached hydrogens (tertiary/aromatic N) is 1. The van der Waals surface area contributed by atoms with Gasteiger partial charge in [-0.05, 0) is 50.1 Å². The molecule has 1 aliphatic rings. The summed E-state index contributed by atoms with van der Waals surface area (Å²) in [6.07, 6.45) is 1.17. The highest BCUT2D eigenvalue weighted by atomic mass is 15.1. The van der Waals surface area contributed by atoms with E-state index in [1.165, 1.54) is 17.5 Å². The Morgan fingerprint density at radius 1 is 1.53 bits per heavy atom. The van der Waals surface area contributed by atoms with E-state index in [0.717, 1.165) is 25.2 Å². The summed E-state index contributed by atoms with van der Waals surface area (Å²) in [4.78, 5) is 0. The molecule has 1 aliphatic heterocycles. The second-order valence-electron chi connectivity index (χ2n) is 5.09. The lowest BCUT2D eigenvalue weighted by Crippen LogP contribution is -2.43. The maximum absolute atomic E-state index is 8.82. The number of nitrogens with one attached hydrogen (secondary N) is 2. The van der Waals surface area contributed by atoms with Crippen LogP contribution in [0.15, 0.2) is 18.2 Å². The largest absolute Gasteiger partial charge is 0.315 e. The van der Waals surface area contributed by atoms with E-state index in [-0.39, 0.29) is 5.54 Å². The molecule has 1 heterocycles. The van der Waals surface area contributed by atoms with Gasteiger partial charge in [0.15, 0.2) is 0 Å². The first-order valence-corrected chi connectivity index (χ1v) is 6.08. The molecule has 0 aliphatic carbocycles. The van der Waals surface area contributed by atoms with E-state index in [2.05, 4.69) is 30.6 Å². The van der Waals surface area contributed by atoms with Crippen LogP contribution in [0.5, 0.6) is 0 Å². The Hall–Kier alpha value is -1.37. The fraction of sp³-hybridized carbons (Fsp3) is 0.500. The molecule has 0 bridgehead atoms. The third-order valence-electron chi connectivity index (χ3n) is 3.55. The quantitative estimate of drug-likeness (QED) is 0.829. The van der Waals surface area contributed by atoms with Gasteiger partial charge < -0.3 is 10.6 Å². The van der Waals surface area contributed by atoms with E-state index in [4.69, 9.17) is 5.26 Å². The molecule has 0 spiro atoms. The zero-order chi connectivity index (χ0) is 12.3. The highest BCUT2D eigenvalue weighted by Crippen LogP contribution is 2.16. The number of hydrogen-bond donors (Lipinski definition) is 2. The van der Waals surface area contributed by atoms with E-state index in [1.807, 2.05) is 18.2 Å². The average Bonchev–Trinajstić information content (AvgIpc) is 2.75. The van der Waals surface area contributed by atoms with Crippen molar-refractivity contribution in [3.63, 3.8) is 0 Å². The minimum Gasteiger partial charge on any atom is -0.315 e. The molecule has 2 rings (SSSR count). The molecule has 3 heteroatoms. The zero-order valence-electron chi connectivity index (χ0n) is 10.5. The zero-order valence-corrected chi connectivity index (χ0v) is 10.5. The van der Waals surface area contributed by atoms with Crippen LogP contribution in [0.3, 0.4) is 0 Å². The lowest BCUT2D eigenvalue weighted by molar-refractivity contribution is 0.385. The second-order valence-corrected chi connectivity index (χ2v) is 5.09.